The van der Waals surface area contributed by atoms with E-state index in [1.165, 1.54) is 4.88 Å². The number of rotatable bonds is 2. The van der Waals surface area contributed by atoms with Crippen LogP contribution in [0.15, 0.2) is 34.7 Å². The van der Waals surface area contributed by atoms with Gasteiger partial charge in [-0.1, -0.05) is 6.92 Å². The number of fused-ring (bicyclic) bond motifs is 1. The average molecular weight is 244 g/mol. The van der Waals surface area contributed by atoms with Gasteiger partial charge in [0.05, 0.1) is 4.88 Å². The van der Waals surface area contributed by atoms with Gasteiger partial charge in [-0.3, -0.25) is 0 Å². The van der Waals surface area contributed by atoms with E-state index < -0.39 is 0 Å². The zero-order chi connectivity index (χ0) is 11.8. The summed E-state index contributed by atoms with van der Waals surface area (Å²) in [5.41, 5.74) is 8.01. The van der Waals surface area contributed by atoms with Crippen molar-refractivity contribution in [3.8, 4) is 10.8 Å². The van der Waals surface area contributed by atoms with Gasteiger partial charge in [0.1, 0.15) is 5.52 Å². The van der Waals surface area contributed by atoms with E-state index in [1.807, 2.05) is 18.2 Å². The van der Waals surface area contributed by atoms with Gasteiger partial charge in [-0.15, -0.1) is 11.3 Å². The summed E-state index contributed by atoms with van der Waals surface area (Å²) in [5, 5.41) is 0. The van der Waals surface area contributed by atoms with Crippen LogP contribution in [0.1, 0.15) is 11.8 Å². The highest BCUT2D eigenvalue weighted by Gasteiger charge is 2.10. The third-order valence-electron chi connectivity index (χ3n) is 2.63. The van der Waals surface area contributed by atoms with Crippen molar-refractivity contribution in [2.24, 2.45) is 0 Å². The van der Waals surface area contributed by atoms with Gasteiger partial charge in [0.25, 0.3) is 0 Å². The van der Waals surface area contributed by atoms with E-state index >= 15 is 0 Å². The van der Waals surface area contributed by atoms with Crippen LogP contribution in [0, 0.1) is 0 Å². The van der Waals surface area contributed by atoms with Crippen molar-refractivity contribution in [1.82, 2.24) is 4.98 Å². The van der Waals surface area contributed by atoms with Crippen LogP contribution in [-0.4, -0.2) is 4.98 Å². The third-order valence-corrected chi connectivity index (χ3v) is 3.85. The van der Waals surface area contributed by atoms with Gasteiger partial charge in [0.2, 0.25) is 5.89 Å². The van der Waals surface area contributed by atoms with Crippen LogP contribution in [0.2, 0.25) is 0 Å². The highest BCUT2D eigenvalue weighted by atomic mass is 32.1. The van der Waals surface area contributed by atoms with E-state index in [2.05, 4.69) is 24.0 Å². The molecule has 0 spiro atoms. The molecule has 3 nitrogen and oxygen atoms in total. The number of oxazole rings is 1. The minimum Gasteiger partial charge on any atom is -0.435 e. The van der Waals surface area contributed by atoms with E-state index in [9.17, 15) is 0 Å². The highest BCUT2D eigenvalue weighted by Crippen LogP contribution is 2.30. The molecule has 3 rings (SSSR count). The molecular formula is C13H12N2OS. The highest BCUT2D eigenvalue weighted by molar-refractivity contribution is 7.15. The number of nitrogens with two attached hydrogens (primary N) is 1. The quantitative estimate of drug-likeness (QED) is 0.699. The molecule has 0 aliphatic rings. The Labute approximate surface area is 103 Å². The number of thiophene rings is 1. The van der Waals surface area contributed by atoms with Crippen molar-refractivity contribution in [2.75, 3.05) is 5.73 Å². The Hall–Kier alpha value is -1.81. The topological polar surface area (TPSA) is 52.0 Å². The van der Waals surface area contributed by atoms with Gasteiger partial charge in [0.15, 0.2) is 5.58 Å². The first-order valence-electron chi connectivity index (χ1n) is 5.51. The van der Waals surface area contributed by atoms with E-state index in [4.69, 9.17) is 10.2 Å². The smallest absolute Gasteiger partial charge is 0.237 e. The fourth-order valence-electron chi connectivity index (χ4n) is 1.73. The van der Waals surface area contributed by atoms with Gasteiger partial charge in [-0.05, 0) is 36.8 Å². The van der Waals surface area contributed by atoms with Crippen LogP contribution in [0.3, 0.4) is 0 Å². The van der Waals surface area contributed by atoms with Crippen molar-refractivity contribution in [3.05, 3.63) is 35.2 Å². The number of anilines is 1. The number of aromatic nitrogens is 1. The third kappa shape index (κ3) is 1.80. The Kier molecular flexibility index (Phi) is 2.37. The minimum absolute atomic E-state index is 0.676. The first kappa shape index (κ1) is 10.4. The van der Waals surface area contributed by atoms with Crippen molar-refractivity contribution < 1.29 is 4.42 Å². The largest absolute Gasteiger partial charge is 0.435 e. The lowest BCUT2D eigenvalue weighted by Gasteiger charge is -1.88. The molecule has 17 heavy (non-hydrogen) atoms. The molecular weight excluding hydrogens is 232 g/mol. The number of aryl methyl sites for hydroxylation is 1. The standard InChI is InChI=1S/C13H12N2OS/c1-2-9-4-6-12(17-9)13-15-10-7-8(14)3-5-11(10)16-13/h3-7H,2,14H2,1H3. The van der Waals surface area contributed by atoms with E-state index in [-0.39, 0.29) is 0 Å². The number of nitrogens with zero attached hydrogens (tertiary/aromatic N) is 1. The summed E-state index contributed by atoms with van der Waals surface area (Å²) in [6.07, 6.45) is 1.04. The van der Waals surface area contributed by atoms with Crippen molar-refractivity contribution in [3.63, 3.8) is 0 Å². The lowest BCUT2D eigenvalue weighted by atomic mass is 10.3. The second-order valence-electron chi connectivity index (χ2n) is 3.87. The normalized spacial score (nSPS) is 11.1. The molecule has 2 N–H and O–H groups in total. The van der Waals surface area contributed by atoms with Crippen LogP contribution in [0.5, 0.6) is 0 Å². The van der Waals surface area contributed by atoms with Crippen LogP contribution in [-0.2, 0) is 6.42 Å². The van der Waals surface area contributed by atoms with Crippen LogP contribution >= 0.6 is 11.3 Å². The summed E-state index contributed by atoms with van der Waals surface area (Å²) in [7, 11) is 0. The summed E-state index contributed by atoms with van der Waals surface area (Å²) >= 11 is 1.72. The molecule has 0 bridgehead atoms. The molecule has 2 aromatic heterocycles. The van der Waals surface area contributed by atoms with Crippen molar-refractivity contribution in [2.45, 2.75) is 13.3 Å². The molecule has 0 aliphatic carbocycles. The monoisotopic (exact) mass is 244 g/mol. The molecule has 0 saturated heterocycles. The first-order valence-corrected chi connectivity index (χ1v) is 6.33. The minimum atomic E-state index is 0.676. The Morgan fingerprint density at radius 2 is 2.18 bits per heavy atom. The Balaban J connectivity index is 2.11. The summed E-state index contributed by atoms with van der Waals surface area (Å²) in [6.45, 7) is 2.14. The number of hydrogen-bond acceptors (Lipinski definition) is 4. The first-order chi connectivity index (χ1) is 8.26. The molecule has 3 aromatic rings. The van der Waals surface area contributed by atoms with Crippen LogP contribution < -0.4 is 5.73 Å². The summed E-state index contributed by atoms with van der Waals surface area (Å²) in [5.74, 6) is 0.676. The molecule has 0 unspecified atom stereocenters. The van der Waals surface area contributed by atoms with Crippen LogP contribution in [0.4, 0.5) is 5.69 Å². The molecule has 4 heteroatoms. The maximum atomic E-state index is 5.72. The van der Waals surface area contributed by atoms with Gasteiger partial charge >= 0.3 is 0 Å². The molecule has 86 valence electrons. The van der Waals surface area contributed by atoms with Gasteiger partial charge < -0.3 is 10.2 Å². The van der Waals surface area contributed by atoms with E-state index in [1.54, 1.807) is 11.3 Å². The second-order valence-corrected chi connectivity index (χ2v) is 5.03. The van der Waals surface area contributed by atoms with Gasteiger partial charge in [-0.25, -0.2) is 4.98 Å². The Bertz CT molecular complexity index is 669. The number of hydrogen-bond donors (Lipinski definition) is 1. The van der Waals surface area contributed by atoms with Crippen molar-refractivity contribution >= 4 is 28.1 Å². The Morgan fingerprint density at radius 3 is 2.94 bits per heavy atom. The fraction of sp³-hybridized carbons (Fsp3) is 0.154. The van der Waals surface area contributed by atoms with Crippen LogP contribution in [0.25, 0.3) is 21.9 Å². The maximum absolute atomic E-state index is 5.72. The maximum Gasteiger partial charge on any atom is 0.237 e. The predicted octanol–water partition coefficient (Wildman–Crippen LogP) is 3.70. The lowest BCUT2D eigenvalue weighted by molar-refractivity contribution is 0.621. The fourth-order valence-corrected chi connectivity index (χ4v) is 2.61. The van der Waals surface area contributed by atoms with Gasteiger partial charge in [0, 0.05) is 10.6 Å². The zero-order valence-corrected chi connectivity index (χ0v) is 10.3. The molecule has 2 heterocycles. The molecule has 0 radical (unpaired) electrons. The SMILES string of the molecule is CCc1ccc(-c2nc3cc(N)ccc3o2)s1. The summed E-state index contributed by atoms with van der Waals surface area (Å²) < 4.78 is 5.71. The number of nitrogen functional groups attached to an aromatic ring is 1. The molecule has 0 aliphatic heterocycles. The zero-order valence-electron chi connectivity index (χ0n) is 9.43. The molecule has 0 atom stereocenters. The Morgan fingerprint density at radius 1 is 1.29 bits per heavy atom. The van der Waals surface area contributed by atoms with Crippen molar-refractivity contribution in [1.29, 1.82) is 0 Å². The predicted molar refractivity (Wildman–Crippen MR) is 71.1 cm³/mol. The van der Waals surface area contributed by atoms with E-state index in [0.29, 0.717) is 11.6 Å². The lowest BCUT2D eigenvalue weighted by Crippen LogP contribution is -1.82. The number of benzene rings is 1. The molecule has 0 saturated carbocycles. The summed E-state index contributed by atoms with van der Waals surface area (Å²) in [4.78, 5) is 6.86. The molecule has 0 fully saturated rings. The van der Waals surface area contributed by atoms with E-state index in [0.717, 1.165) is 22.4 Å². The average Bonchev–Trinajstić information content (AvgIpc) is 2.93. The summed E-state index contributed by atoms with van der Waals surface area (Å²) in [6, 6.07) is 9.68. The second kappa shape index (κ2) is 3.89. The molecule has 0 amide bonds. The van der Waals surface area contributed by atoms with Gasteiger partial charge in [-0.2, -0.15) is 0 Å². The molecule has 1 aromatic carbocycles.